The van der Waals surface area contributed by atoms with Gasteiger partial charge in [0, 0.05) is 30.4 Å². The van der Waals surface area contributed by atoms with Gasteiger partial charge in [-0.2, -0.15) is 11.8 Å². The molecule has 4 nitrogen and oxygen atoms in total. The van der Waals surface area contributed by atoms with Crippen molar-refractivity contribution >= 4 is 17.7 Å². The Labute approximate surface area is 106 Å². The molecule has 0 unspecified atom stereocenters. The van der Waals surface area contributed by atoms with E-state index < -0.39 is 5.60 Å². The van der Waals surface area contributed by atoms with Crippen LogP contribution in [-0.4, -0.2) is 39.6 Å². The highest BCUT2D eigenvalue weighted by Crippen LogP contribution is 2.10. The Bertz CT molecular complexity index is 349. The van der Waals surface area contributed by atoms with Crippen LogP contribution in [0.25, 0.3) is 0 Å². The lowest BCUT2D eigenvalue weighted by Gasteiger charge is -2.16. The van der Waals surface area contributed by atoms with E-state index in [0.717, 1.165) is 5.75 Å². The van der Waals surface area contributed by atoms with Crippen molar-refractivity contribution in [1.29, 1.82) is 0 Å². The summed E-state index contributed by atoms with van der Waals surface area (Å²) in [6, 6.07) is 3.46. The van der Waals surface area contributed by atoms with Gasteiger partial charge in [-0.3, -0.25) is 9.78 Å². The molecule has 0 aromatic carbocycles. The Morgan fingerprint density at radius 2 is 2.35 bits per heavy atom. The molecule has 0 radical (unpaired) electrons. The zero-order chi connectivity index (χ0) is 12.7. The van der Waals surface area contributed by atoms with Crippen LogP contribution >= 0.6 is 11.8 Å². The second-order valence-corrected chi connectivity index (χ2v) is 5.47. The zero-order valence-electron chi connectivity index (χ0n) is 10.1. The third-order valence-corrected chi connectivity index (χ3v) is 3.31. The summed E-state index contributed by atoms with van der Waals surface area (Å²) < 4.78 is 0. The Morgan fingerprint density at radius 3 is 2.94 bits per heavy atom. The van der Waals surface area contributed by atoms with Crippen molar-refractivity contribution < 1.29 is 9.90 Å². The van der Waals surface area contributed by atoms with E-state index in [1.807, 2.05) is 0 Å². The summed E-state index contributed by atoms with van der Waals surface area (Å²) in [6.45, 7) is 4.14. The molecule has 1 heterocycles. The van der Waals surface area contributed by atoms with E-state index in [-0.39, 0.29) is 5.91 Å². The average molecular weight is 254 g/mol. The van der Waals surface area contributed by atoms with Crippen LogP contribution < -0.4 is 5.32 Å². The molecule has 1 aromatic heterocycles. The highest BCUT2D eigenvalue weighted by atomic mass is 32.2. The molecular weight excluding hydrogens is 236 g/mol. The SMILES string of the molecule is CC(C)(O)CSCCNC(=O)c1cccnc1. The first-order chi connectivity index (χ1) is 7.99. The minimum atomic E-state index is -0.655. The number of nitrogens with zero attached hydrogens (tertiary/aromatic N) is 1. The minimum Gasteiger partial charge on any atom is -0.390 e. The van der Waals surface area contributed by atoms with Crippen molar-refractivity contribution in [3.05, 3.63) is 30.1 Å². The van der Waals surface area contributed by atoms with Gasteiger partial charge in [0.05, 0.1) is 11.2 Å². The lowest BCUT2D eigenvalue weighted by Crippen LogP contribution is -2.27. The van der Waals surface area contributed by atoms with Crippen molar-refractivity contribution in [2.75, 3.05) is 18.1 Å². The number of nitrogens with one attached hydrogen (secondary N) is 1. The van der Waals surface area contributed by atoms with Gasteiger partial charge in [-0.1, -0.05) is 0 Å². The van der Waals surface area contributed by atoms with E-state index in [4.69, 9.17) is 0 Å². The molecule has 1 aromatic rings. The zero-order valence-corrected chi connectivity index (χ0v) is 11.0. The van der Waals surface area contributed by atoms with Gasteiger partial charge in [0.1, 0.15) is 0 Å². The molecule has 0 aliphatic rings. The lowest BCUT2D eigenvalue weighted by molar-refractivity contribution is 0.0956. The summed E-state index contributed by atoms with van der Waals surface area (Å²) in [7, 11) is 0. The molecule has 94 valence electrons. The van der Waals surface area contributed by atoms with Crippen LogP contribution in [0.4, 0.5) is 0 Å². The number of rotatable bonds is 6. The Balaban J connectivity index is 2.18. The van der Waals surface area contributed by atoms with Crippen LogP contribution in [0.2, 0.25) is 0 Å². The number of pyridine rings is 1. The molecule has 0 bridgehead atoms. The van der Waals surface area contributed by atoms with Gasteiger partial charge in [-0.25, -0.2) is 0 Å². The summed E-state index contributed by atoms with van der Waals surface area (Å²) in [4.78, 5) is 15.5. The number of hydrogen-bond acceptors (Lipinski definition) is 4. The first kappa shape index (κ1) is 14.0. The molecule has 0 saturated carbocycles. The van der Waals surface area contributed by atoms with Crippen LogP contribution in [0, 0.1) is 0 Å². The second kappa shape index (κ2) is 6.61. The number of aromatic nitrogens is 1. The van der Waals surface area contributed by atoms with Crippen molar-refractivity contribution in [3.63, 3.8) is 0 Å². The summed E-state index contributed by atoms with van der Waals surface area (Å²) in [5.41, 5.74) is -0.0853. The van der Waals surface area contributed by atoms with Gasteiger partial charge in [-0.05, 0) is 26.0 Å². The maximum absolute atomic E-state index is 11.6. The maximum atomic E-state index is 11.6. The summed E-state index contributed by atoms with van der Waals surface area (Å²) in [5.74, 6) is 1.34. The van der Waals surface area contributed by atoms with Crippen molar-refractivity contribution in [3.8, 4) is 0 Å². The second-order valence-electron chi connectivity index (χ2n) is 4.36. The first-order valence-corrected chi connectivity index (χ1v) is 6.63. The third kappa shape index (κ3) is 6.28. The lowest BCUT2D eigenvalue weighted by atomic mass is 10.2. The Hall–Kier alpha value is -1.07. The van der Waals surface area contributed by atoms with Crippen molar-refractivity contribution in [1.82, 2.24) is 10.3 Å². The van der Waals surface area contributed by atoms with Crippen LogP contribution in [0.1, 0.15) is 24.2 Å². The predicted octanol–water partition coefficient (Wildman–Crippen LogP) is 1.32. The maximum Gasteiger partial charge on any atom is 0.252 e. The fourth-order valence-corrected chi connectivity index (χ4v) is 2.05. The molecule has 17 heavy (non-hydrogen) atoms. The highest BCUT2D eigenvalue weighted by molar-refractivity contribution is 7.99. The van der Waals surface area contributed by atoms with E-state index in [9.17, 15) is 9.90 Å². The highest BCUT2D eigenvalue weighted by Gasteiger charge is 2.11. The van der Waals surface area contributed by atoms with Crippen LogP contribution in [0.15, 0.2) is 24.5 Å². The van der Waals surface area contributed by atoms with Crippen LogP contribution in [0.5, 0.6) is 0 Å². The van der Waals surface area contributed by atoms with Crippen LogP contribution in [0.3, 0.4) is 0 Å². The molecule has 0 atom stereocenters. The molecule has 0 fully saturated rings. The van der Waals surface area contributed by atoms with Gasteiger partial charge in [0.2, 0.25) is 0 Å². The largest absolute Gasteiger partial charge is 0.390 e. The Morgan fingerprint density at radius 1 is 1.59 bits per heavy atom. The number of carbonyl (C=O) groups is 1. The molecular formula is C12H18N2O2S. The van der Waals surface area contributed by atoms with E-state index in [1.54, 1.807) is 50.1 Å². The Kier molecular flexibility index (Phi) is 5.44. The predicted molar refractivity (Wildman–Crippen MR) is 70.2 cm³/mol. The summed E-state index contributed by atoms with van der Waals surface area (Å²) in [5, 5.41) is 12.3. The van der Waals surface area contributed by atoms with E-state index in [0.29, 0.717) is 17.9 Å². The smallest absolute Gasteiger partial charge is 0.252 e. The number of carbonyl (C=O) groups excluding carboxylic acids is 1. The molecule has 0 aliphatic heterocycles. The number of thioether (sulfide) groups is 1. The summed E-state index contributed by atoms with van der Waals surface area (Å²) >= 11 is 1.62. The van der Waals surface area contributed by atoms with E-state index in [2.05, 4.69) is 10.3 Å². The standard InChI is InChI=1S/C12H18N2O2S/c1-12(2,16)9-17-7-6-14-11(15)10-4-3-5-13-8-10/h3-5,8,16H,6-7,9H2,1-2H3,(H,14,15). The molecule has 1 rings (SSSR count). The van der Waals surface area contributed by atoms with Gasteiger partial charge >= 0.3 is 0 Å². The number of aliphatic hydroxyl groups is 1. The molecule has 0 spiro atoms. The molecule has 0 saturated heterocycles. The fourth-order valence-electron chi connectivity index (χ4n) is 1.16. The van der Waals surface area contributed by atoms with Crippen molar-refractivity contribution in [2.45, 2.75) is 19.4 Å². The number of hydrogen-bond donors (Lipinski definition) is 2. The topological polar surface area (TPSA) is 62.2 Å². The molecule has 0 aliphatic carbocycles. The first-order valence-electron chi connectivity index (χ1n) is 5.47. The van der Waals surface area contributed by atoms with Crippen molar-refractivity contribution in [2.24, 2.45) is 0 Å². The monoisotopic (exact) mass is 254 g/mol. The number of amides is 1. The van der Waals surface area contributed by atoms with E-state index >= 15 is 0 Å². The van der Waals surface area contributed by atoms with Gasteiger partial charge in [0.25, 0.3) is 5.91 Å². The quantitative estimate of drug-likeness (QED) is 0.752. The molecule has 2 N–H and O–H groups in total. The normalized spacial score (nSPS) is 11.2. The minimum absolute atomic E-state index is 0.109. The van der Waals surface area contributed by atoms with E-state index in [1.165, 1.54) is 0 Å². The van der Waals surface area contributed by atoms with Crippen LogP contribution in [-0.2, 0) is 0 Å². The fraction of sp³-hybridized carbons (Fsp3) is 0.500. The van der Waals surface area contributed by atoms with Gasteiger partial charge in [0.15, 0.2) is 0 Å². The summed E-state index contributed by atoms with van der Waals surface area (Å²) in [6.07, 6.45) is 3.18. The molecule has 1 amide bonds. The van der Waals surface area contributed by atoms with Gasteiger partial charge in [-0.15, -0.1) is 0 Å². The average Bonchev–Trinajstić information content (AvgIpc) is 2.28. The molecule has 5 heteroatoms. The third-order valence-electron chi connectivity index (χ3n) is 1.91. The van der Waals surface area contributed by atoms with Gasteiger partial charge < -0.3 is 10.4 Å².